The molecule has 1 N–H and O–H groups in total. The summed E-state index contributed by atoms with van der Waals surface area (Å²) in [6.45, 7) is 2.49. The predicted octanol–water partition coefficient (Wildman–Crippen LogP) is 4.32. The van der Waals surface area contributed by atoms with Crippen LogP contribution in [-0.2, 0) is 16.0 Å². The SMILES string of the molecule is Cc1nc(CC(=O)N2CCCCC2C(=O)Nc2ccc(Cl)c(Cl)c2)cs1. The zero-order valence-electron chi connectivity index (χ0n) is 14.3. The van der Waals surface area contributed by atoms with Crippen LogP contribution in [0.4, 0.5) is 5.69 Å². The molecule has 26 heavy (non-hydrogen) atoms. The number of amides is 2. The number of likely N-dealkylation sites (tertiary alicyclic amines) is 1. The molecule has 138 valence electrons. The minimum atomic E-state index is -0.481. The number of rotatable bonds is 4. The minimum absolute atomic E-state index is 0.0655. The molecule has 0 spiro atoms. The summed E-state index contributed by atoms with van der Waals surface area (Å²) in [6, 6.07) is 4.45. The van der Waals surface area contributed by atoms with Gasteiger partial charge in [0.2, 0.25) is 11.8 Å². The van der Waals surface area contributed by atoms with Crippen molar-refractivity contribution in [3.63, 3.8) is 0 Å². The number of carbonyl (C=O) groups is 2. The van der Waals surface area contributed by atoms with Gasteiger partial charge in [0.05, 0.1) is 27.2 Å². The minimum Gasteiger partial charge on any atom is -0.330 e. The number of piperidine rings is 1. The van der Waals surface area contributed by atoms with Crippen molar-refractivity contribution in [2.24, 2.45) is 0 Å². The van der Waals surface area contributed by atoms with Crippen LogP contribution in [0.1, 0.15) is 30.0 Å². The third-order valence-electron chi connectivity index (χ3n) is 4.31. The normalized spacial score (nSPS) is 17.2. The van der Waals surface area contributed by atoms with Crippen LogP contribution in [0.25, 0.3) is 0 Å². The Hall–Kier alpha value is -1.63. The summed E-state index contributed by atoms with van der Waals surface area (Å²) in [5.74, 6) is -0.268. The van der Waals surface area contributed by atoms with E-state index in [1.165, 1.54) is 11.3 Å². The number of halogens is 2. The number of aryl methyl sites for hydroxylation is 1. The Morgan fingerprint density at radius 3 is 2.81 bits per heavy atom. The van der Waals surface area contributed by atoms with Gasteiger partial charge in [-0.1, -0.05) is 23.2 Å². The van der Waals surface area contributed by atoms with E-state index >= 15 is 0 Å². The number of aromatic nitrogens is 1. The van der Waals surface area contributed by atoms with Crippen molar-refractivity contribution in [3.05, 3.63) is 44.3 Å². The maximum atomic E-state index is 12.7. The van der Waals surface area contributed by atoms with Crippen LogP contribution in [0.5, 0.6) is 0 Å². The van der Waals surface area contributed by atoms with E-state index in [2.05, 4.69) is 10.3 Å². The van der Waals surface area contributed by atoms with Crippen molar-refractivity contribution < 1.29 is 9.59 Å². The molecule has 1 aliphatic rings. The molecule has 3 rings (SSSR count). The molecule has 1 atom stereocenters. The zero-order valence-corrected chi connectivity index (χ0v) is 16.6. The highest BCUT2D eigenvalue weighted by molar-refractivity contribution is 7.09. The van der Waals surface area contributed by atoms with E-state index in [-0.39, 0.29) is 18.2 Å². The summed E-state index contributed by atoms with van der Waals surface area (Å²) in [4.78, 5) is 31.5. The zero-order chi connectivity index (χ0) is 18.7. The third-order valence-corrected chi connectivity index (χ3v) is 5.87. The number of anilines is 1. The first kappa shape index (κ1) is 19.1. The highest BCUT2D eigenvalue weighted by Crippen LogP contribution is 2.26. The average molecular weight is 412 g/mol. The Bertz CT molecular complexity index is 825. The Balaban J connectivity index is 1.69. The first-order valence-corrected chi connectivity index (χ1v) is 10.0. The van der Waals surface area contributed by atoms with Gasteiger partial charge in [-0.15, -0.1) is 11.3 Å². The molecule has 1 aromatic heterocycles. The molecule has 1 aliphatic heterocycles. The van der Waals surface area contributed by atoms with Crippen LogP contribution in [0, 0.1) is 6.92 Å². The second-order valence-corrected chi connectivity index (χ2v) is 8.13. The molecule has 2 aromatic rings. The molecule has 8 heteroatoms. The average Bonchev–Trinajstić information content (AvgIpc) is 3.03. The quantitative estimate of drug-likeness (QED) is 0.814. The van der Waals surface area contributed by atoms with Gasteiger partial charge in [-0.2, -0.15) is 0 Å². The van der Waals surface area contributed by atoms with Gasteiger partial charge in [-0.25, -0.2) is 4.98 Å². The molecule has 2 amide bonds. The summed E-state index contributed by atoms with van der Waals surface area (Å²) in [7, 11) is 0. The molecule has 0 bridgehead atoms. The van der Waals surface area contributed by atoms with E-state index in [1.54, 1.807) is 23.1 Å². The van der Waals surface area contributed by atoms with E-state index in [4.69, 9.17) is 23.2 Å². The summed E-state index contributed by atoms with van der Waals surface area (Å²) >= 11 is 13.4. The topological polar surface area (TPSA) is 62.3 Å². The lowest BCUT2D eigenvalue weighted by Gasteiger charge is -2.34. The Kier molecular flexibility index (Phi) is 6.16. The second kappa shape index (κ2) is 8.37. The molecule has 5 nitrogen and oxygen atoms in total. The van der Waals surface area contributed by atoms with Gasteiger partial charge < -0.3 is 10.2 Å². The monoisotopic (exact) mass is 411 g/mol. The molecule has 0 saturated carbocycles. The lowest BCUT2D eigenvalue weighted by molar-refractivity contribution is -0.139. The number of nitrogens with one attached hydrogen (secondary N) is 1. The van der Waals surface area contributed by atoms with Crippen molar-refractivity contribution in [2.45, 2.75) is 38.6 Å². The number of hydrogen-bond donors (Lipinski definition) is 1. The molecule has 1 aromatic carbocycles. The van der Waals surface area contributed by atoms with Gasteiger partial charge >= 0.3 is 0 Å². The fourth-order valence-corrected chi connectivity index (χ4v) is 3.96. The highest BCUT2D eigenvalue weighted by atomic mass is 35.5. The molecule has 1 unspecified atom stereocenters. The lowest BCUT2D eigenvalue weighted by atomic mass is 10.0. The Morgan fingerprint density at radius 2 is 2.12 bits per heavy atom. The van der Waals surface area contributed by atoms with E-state index in [0.29, 0.717) is 28.7 Å². The van der Waals surface area contributed by atoms with Gasteiger partial charge in [-0.05, 0) is 44.4 Å². The van der Waals surface area contributed by atoms with E-state index in [0.717, 1.165) is 23.5 Å². The fourth-order valence-electron chi connectivity index (χ4n) is 3.05. The molecular formula is C18H19Cl2N3O2S. The molecule has 0 radical (unpaired) electrons. The number of thiazole rings is 1. The van der Waals surface area contributed by atoms with Crippen molar-refractivity contribution in [2.75, 3.05) is 11.9 Å². The van der Waals surface area contributed by atoms with Gasteiger partial charge in [0.15, 0.2) is 0 Å². The standard InChI is InChI=1S/C18H19Cl2N3O2S/c1-11-21-13(10-26-11)9-17(24)23-7-3-2-4-16(23)18(25)22-12-5-6-14(19)15(20)8-12/h5-6,8,10,16H,2-4,7,9H2,1H3,(H,22,25). The number of nitrogens with zero attached hydrogens (tertiary/aromatic N) is 2. The highest BCUT2D eigenvalue weighted by Gasteiger charge is 2.32. The van der Waals surface area contributed by atoms with Crippen molar-refractivity contribution in [1.82, 2.24) is 9.88 Å². The third kappa shape index (κ3) is 4.55. The first-order valence-electron chi connectivity index (χ1n) is 8.40. The number of hydrogen-bond acceptors (Lipinski definition) is 4. The van der Waals surface area contributed by atoms with Crippen LogP contribution < -0.4 is 5.32 Å². The first-order chi connectivity index (χ1) is 12.4. The van der Waals surface area contributed by atoms with Crippen LogP contribution in [-0.4, -0.2) is 34.3 Å². The summed E-state index contributed by atoms with van der Waals surface area (Å²) in [6.07, 6.45) is 2.69. The van der Waals surface area contributed by atoms with Gasteiger partial charge in [0.1, 0.15) is 6.04 Å². The second-order valence-electron chi connectivity index (χ2n) is 6.25. The molecular weight excluding hydrogens is 393 g/mol. The van der Waals surface area contributed by atoms with E-state index in [1.807, 2.05) is 12.3 Å². The summed E-state index contributed by atoms with van der Waals surface area (Å²) < 4.78 is 0. The van der Waals surface area contributed by atoms with Crippen LogP contribution in [0.15, 0.2) is 23.6 Å². The smallest absolute Gasteiger partial charge is 0.247 e. The molecule has 0 aliphatic carbocycles. The van der Waals surface area contributed by atoms with Crippen molar-refractivity contribution >= 4 is 52.0 Å². The van der Waals surface area contributed by atoms with E-state index < -0.39 is 6.04 Å². The fraction of sp³-hybridized carbons (Fsp3) is 0.389. The maximum Gasteiger partial charge on any atom is 0.247 e. The molecule has 2 heterocycles. The van der Waals surface area contributed by atoms with Gasteiger partial charge in [-0.3, -0.25) is 9.59 Å². The van der Waals surface area contributed by atoms with Gasteiger partial charge in [0, 0.05) is 17.6 Å². The maximum absolute atomic E-state index is 12.7. The van der Waals surface area contributed by atoms with Crippen LogP contribution in [0.3, 0.4) is 0 Å². The predicted molar refractivity (Wildman–Crippen MR) is 105 cm³/mol. The van der Waals surface area contributed by atoms with Gasteiger partial charge in [0.25, 0.3) is 0 Å². The molecule has 1 fully saturated rings. The lowest BCUT2D eigenvalue weighted by Crippen LogP contribution is -2.50. The van der Waals surface area contributed by atoms with E-state index in [9.17, 15) is 9.59 Å². The summed E-state index contributed by atoms with van der Waals surface area (Å²) in [5, 5.41) is 6.47. The van der Waals surface area contributed by atoms with Crippen molar-refractivity contribution in [1.29, 1.82) is 0 Å². The van der Waals surface area contributed by atoms with Crippen LogP contribution >= 0.6 is 34.5 Å². The number of benzene rings is 1. The summed E-state index contributed by atoms with van der Waals surface area (Å²) in [5.41, 5.74) is 1.32. The largest absolute Gasteiger partial charge is 0.330 e. The Morgan fingerprint density at radius 1 is 1.31 bits per heavy atom. The van der Waals surface area contributed by atoms with Crippen molar-refractivity contribution in [3.8, 4) is 0 Å². The van der Waals surface area contributed by atoms with Crippen LogP contribution in [0.2, 0.25) is 10.0 Å². The Labute approximate surface area is 166 Å². The number of carbonyl (C=O) groups excluding carboxylic acids is 2. The molecule has 1 saturated heterocycles.